The molecule has 0 bridgehead atoms. The van der Waals surface area contributed by atoms with Gasteiger partial charge in [-0.15, -0.1) is 0 Å². The van der Waals surface area contributed by atoms with Crippen LogP contribution in [0.25, 0.3) is 78.6 Å². The van der Waals surface area contributed by atoms with Crippen molar-refractivity contribution in [2.24, 2.45) is 0 Å². The van der Waals surface area contributed by atoms with Crippen molar-refractivity contribution >= 4 is 33.5 Å². The molecule has 5 nitrogen and oxygen atoms in total. The highest BCUT2D eigenvalue weighted by Crippen LogP contribution is 2.33. The molecule has 0 aliphatic heterocycles. The molecule has 1 aliphatic carbocycles. The maximum absolute atomic E-state index is 6.67. The molecule has 9 rings (SSSR count). The minimum atomic E-state index is 0.661. The maximum Gasteiger partial charge on any atom is 0.164 e. The van der Waals surface area contributed by atoms with Crippen molar-refractivity contribution in [2.45, 2.75) is 12.8 Å². The van der Waals surface area contributed by atoms with Crippen LogP contribution in [0, 0.1) is 0 Å². The van der Waals surface area contributed by atoms with Gasteiger partial charge in [0.2, 0.25) is 0 Å². The third-order valence-electron chi connectivity index (χ3n) is 8.89. The Labute approximate surface area is 271 Å². The van der Waals surface area contributed by atoms with E-state index in [0.717, 1.165) is 78.7 Å². The van der Waals surface area contributed by atoms with Crippen LogP contribution in [0.2, 0.25) is 0 Å². The number of nitrogens with zero attached hydrogens (tertiary/aromatic N) is 4. The van der Waals surface area contributed by atoms with Gasteiger partial charge in [0.05, 0.1) is 5.52 Å². The van der Waals surface area contributed by atoms with Crippen molar-refractivity contribution in [2.75, 3.05) is 0 Å². The summed E-state index contributed by atoms with van der Waals surface area (Å²) in [5.41, 5.74) is 10.2. The second-order valence-electron chi connectivity index (χ2n) is 11.7. The first kappa shape index (κ1) is 27.1. The Morgan fingerprint density at radius 1 is 0.489 bits per heavy atom. The van der Waals surface area contributed by atoms with E-state index in [2.05, 4.69) is 77.8 Å². The van der Waals surface area contributed by atoms with Crippen LogP contribution in [0.1, 0.15) is 18.7 Å². The van der Waals surface area contributed by atoms with E-state index >= 15 is 0 Å². The Hall–Kier alpha value is -6.20. The summed E-state index contributed by atoms with van der Waals surface area (Å²) in [6.07, 6.45) is 5.69. The van der Waals surface area contributed by atoms with Gasteiger partial charge in [-0.3, -0.25) is 4.98 Å². The van der Waals surface area contributed by atoms with Gasteiger partial charge in [0.25, 0.3) is 0 Å². The van der Waals surface area contributed by atoms with Crippen LogP contribution in [0.3, 0.4) is 0 Å². The number of hydrogen-bond donors (Lipinski definition) is 0. The van der Waals surface area contributed by atoms with Gasteiger partial charge in [-0.1, -0.05) is 121 Å². The van der Waals surface area contributed by atoms with Crippen LogP contribution < -0.4 is 10.6 Å². The van der Waals surface area contributed by atoms with Crippen molar-refractivity contribution in [1.29, 1.82) is 0 Å². The van der Waals surface area contributed by atoms with E-state index in [4.69, 9.17) is 19.4 Å². The minimum absolute atomic E-state index is 0.661. The van der Waals surface area contributed by atoms with Gasteiger partial charge in [0, 0.05) is 44.5 Å². The Kier molecular flexibility index (Phi) is 6.53. The normalized spacial score (nSPS) is 12.6. The fourth-order valence-electron chi connectivity index (χ4n) is 6.64. The molecule has 0 atom stereocenters. The lowest BCUT2D eigenvalue weighted by Gasteiger charge is -2.11. The number of aromatic nitrogens is 4. The number of benzene rings is 5. The molecule has 0 saturated heterocycles. The third-order valence-corrected chi connectivity index (χ3v) is 8.89. The average Bonchev–Trinajstić information content (AvgIpc) is 3.55. The predicted molar refractivity (Wildman–Crippen MR) is 189 cm³/mol. The molecule has 0 amide bonds. The van der Waals surface area contributed by atoms with E-state index < -0.39 is 0 Å². The Morgan fingerprint density at radius 2 is 1.11 bits per heavy atom. The summed E-state index contributed by atoms with van der Waals surface area (Å²) < 4.78 is 6.67. The van der Waals surface area contributed by atoms with Crippen LogP contribution in [0.15, 0.2) is 144 Å². The Balaban J connectivity index is 1.20. The number of rotatable bonds is 5. The molecule has 47 heavy (non-hydrogen) atoms. The lowest BCUT2D eigenvalue weighted by molar-refractivity contribution is 0.572. The van der Waals surface area contributed by atoms with Crippen LogP contribution >= 0.6 is 0 Å². The first-order chi connectivity index (χ1) is 23.3. The Morgan fingerprint density at radius 3 is 1.83 bits per heavy atom. The maximum atomic E-state index is 6.67. The topological polar surface area (TPSA) is 64.7 Å². The van der Waals surface area contributed by atoms with Gasteiger partial charge in [0.15, 0.2) is 17.5 Å². The smallest absolute Gasteiger partial charge is 0.164 e. The zero-order valence-electron chi connectivity index (χ0n) is 25.5. The van der Waals surface area contributed by atoms with E-state index in [0.29, 0.717) is 17.5 Å². The summed E-state index contributed by atoms with van der Waals surface area (Å²) in [5, 5.41) is 3.28. The molecule has 1 aliphatic rings. The number of fused-ring (bicyclic) bond motifs is 4. The molecule has 3 aromatic heterocycles. The van der Waals surface area contributed by atoms with E-state index in [-0.39, 0.29) is 0 Å². The number of para-hydroxylation sites is 1. The quantitative estimate of drug-likeness (QED) is 0.197. The van der Waals surface area contributed by atoms with Crippen molar-refractivity contribution in [3.05, 3.63) is 156 Å². The molecule has 0 radical (unpaired) electrons. The summed E-state index contributed by atoms with van der Waals surface area (Å²) in [7, 11) is 0. The number of hydrogen-bond acceptors (Lipinski definition) is 5. The van der Waals surface area contributed by atoms with Crippen LogP contribution in [0.4, 0.5) is 0 Å². The molecule has 5 heteroatoms. The molecule has 8 aromatic rings. The van der Waals surface area contributed by atoms with Crippen LogP contribution in [0.5, 0.6) is 0 Å². The van der Waals surface area contributed by atoms with Crippen molar-refractivity contribution < 1.29 is 4.42 Å². The Bertz CT molecular complexity index is 2490. The molecule has 0 fully saturated rings. The lowest BCUT2D eigenvalue weighted by Crippen LogP contribution is -2.27. The molecule has 0 N–H and O–H groups in total. The number of furan rings is 1. The zero-order valence-corrected chi connectivity index (χ0v) is 25.5. The summed E-state index contributed by atoms with van der Waals surface area (Å²) >= 11 is 0. The fourth-order valence-corrected chi connectivity index (χ4v) is 6.64. The molecular formula is C42H28N4O. The first-order valence-corrected chi connectivity index (χ1v) is 15.9. The largest absolute Gasteiger partial charge is 0.456 e. The summed E-state index contributed by atoms with van der Waals surface area (Å²) in [4.78, 5) is 19.6. The van der Waals surface area contributed by atoms with Crippen molar-refractivity contribution in [1.82, 2.24) is 19.9 Å². The van der Waals surface area contributed by atoms with Gasteiger partial charge >= 0.3 is 0 Å². The van der Waals surface area contributed by atoms with Crippen LogP contribution in [-0.4, -0.2) is 19.9 Å². The molecule has 0 unspecified atom stereocenters. The van der Waals surface area contributed by atoms with Gasteiger partial charge in [0.1, 0.15) is 11.0 Å². The third kappa shape index (κ3) is 4.80. The number of pyridine rings is 1. The van der Waals surface area contributed by atoms with Gasteiger partial charge in [-0.25, -0.2) is 15.0 Å². The molecule has 0 spiro atoms. The van der Waals surface area contributed by atoms with E-state index in [9.17, 15) is 0 Å². The molecule has 3 heterocycles. The van der Waals surface area contributed by atoms with Crippen LogP contribution in [-0.2, 0) is 0 Å². The lowest BCUT2D eigenvalue weighted by atomic mass is 9.96. The standard InChI is InChI=1S/C42H28N4O/c1-3-11-29(12-4-1)40-44-41(30-13-5-2-6-14-30)46-42(45-40)35-18-9-21-37-38(35)34-17-7-16-32(39(34)47-37)28-24-22-27(23-25-28)31-15-8-20-36-33(31)19-10-26-43-36/h1-8,10-17,19-26H,9,18H2. The van der Waals surface area contributed by atoms with E-state index in [1.807, 2.05) is 72.9 Å². The highest BCUT2D eigenvalue weighted by atomic mass is 16.3. The average molecular weight is 605 g/mol. The molecule has 222 valence electrons. The highest BCUT2D eigenvalue weighted by molar-refractivity contribution is 5.97. The summed E-state index contributed by atoms with van der Waals surface area (Å²) in [6, 6.07) is 45.7. The zero-order chi connectivity index (χ0) is 31.2. The first-order valence-electron chi connectivity index (χ1n) is 15.9. The summed E-state index contributed by atoms with van der Waals surface area (Å²) in [6.45, 7) is 0. The van der Waals surface area contributed by atoms with E-state index in [1.165, 1.54) is 5.56 Å². The van der Waals surface area contributed by atoms with Gasteiger partial charge in [-0.2, -0.15) is 0 Å². The molecule has 5 aromatic carbocycles. The highest BCUT2D eigenvalue weighted by Gasteiger charge is 2.20. The summed E-state index contributed by atoms with van der Waals surface area (Å²) in [5.74, 6) is 2.01. The molecular weight excluding hydrogens is 576 g/mol. The second kappa shape index (κ2) is 11.3. The van der Waals surface area contributed by atoms with Crippen molar-refractivity contribution in [3.8, 4) is 45.0 Å². The fraction of sp³-hybridized carbons (Fsp3) is 0.0476. The minimum Gasteiger partial charge on any atom is -0.456 e. The predicted octanol–water partition coefficient (Wildman–Crippen LogP) is 8.61. The van der Waals surface area contributed by atoms with Gasteiger partial charge < -0.3 is 4.42 Å². The van der Waals surface area contributed by atoms with E-state index in [1.54, 1.807) is 0 Å². The SMILES string of the molecule is C1=c2oc3c(-c4ccc(-c5cccc6ncccc56)cc4)cccc3c2=C(c2nc(-c3ccccc3)nc(-c3ccccc3)n2)CC1. The van der Waals surface area contributed by atoms with Crippen molar-refractivity contribution in [3.63, 3.8) is 0 Å². The monoisotopic (exact) mass is 604 g/mol. The van der Waals surface area contributed by atoms with Gasteiger partial charge in [-0.05, 0) is 47.7 Å². The second-order valence-corrected chi connectivity index (χ2v) is 11.7. The molecule has 0 saturated carbocycles.